The van der Waals surface area contributed by atoms with Crippen LogP contribution < -0.4 is 4.31 Å². The van der Waals surface area contributed by atoms with Crippen LogP contribution in [0.3, 0.4) is 0 Å². The van der Waals surface area contributed by atoms with Crippen molar-refractivity contribution in [2.24, 2.45) is 0 Å². The number of rotatable bonds is 5. The van der Waals surface area contributed by atoms with E-state index in [1.165, 1.54) is 4.31 Å². The molecule has 134 valence electrons. The van der Waals surface area contributed by atoms with Crippen LogP contribution >= 0.6 is 0 Å². The van der Waals surface area contributed by atoms with E-state index in [1.807, 2.05) is 39.0 Å². The number of anilines is 1. The lowest BCUT2D eigenvalue weighted by Gasteiger charge is -2.36. The first-order chi connectivity index (χ1) is 11.3. The first-order valence-corrected chi connectivity index (χ1v) is 10.0. The van der Waals surface area contributed by atoms with E-state index in [9.17, 15) is 13.2 Å². The maximum atomic E-state index is 13.0. The van der Waals surface area contributed by atoms with E-state index in [4.69, 9.17) is 4.74 Å². The summed E-state index contributed by atoms with van der Waals surface area (Å²) in [5, 5.41) is 0. The van der Waals surface area contributed by atoms with Crippen molar-refractivity contribution in [1.29, 1.82) is 0 Å². The van der Waals surface area contributed by atoms with E-state index in [-0.39, 0.29) is 5.91 Å². The highest BCUT2D eigenvalue weighted by molar-refractivity contribution is 7.92. The number of aryl methyl sites for hydroxylation is 2. The number of sulfonamides is 1. The lowest BCUT2D eigenvalue weighted by atomic mass is 10.1. The standard InChI is InChI=1S/C17H26N2O4S/c1-5-15(17(20)18-8-10-23-11-9-18)19(24(4,21)22)16-12-13(2)6-7-14(16)3/h6-7,12,15H,5,8-11H2,1-4H3. The molecule has 7 heteroatoms. The van der Waals surface area contributed by atoms with Gasteiger partial charge >= 0.3 is 0 Å². The van der Waals surface area contributed by atoms with Gasteiger partial charge in [0.1, 0.15) is 6.04 Å². The van der Waals surface area contributed by atoms with Gasteiger partial charge in [0.05, 0.1) is 25.2 Å². The third-order valence-corrected chi connectivity index (χ3v) is 5.40. The number of nitrogens with zero attached hydrogens (tertiary/aromatic N) is 2. The zero-order valence-electron chi connectivity index (χ0n) is 14.8. The number of hydrogen-bond donors (Lipinski definition) is 0. The van der Waals surface area contributed by atoms with Gasteiger partial charge in [-0.3, -0.25) is 9.10 Å². The van der Waals surface area contributed by atoms with Gasteiger partial charge in [-0.25, -0.2) is 8.42 Å². The maximum absolute atomic E-state index is 13.0. The molecule has 6 nitrogen and oxygen atoms in total. The van der Waals surface area contributed by atoms with Gasteiger partial charge in [-0.1, -0.05) is 19.1 Å². The van der Waals surface area contributed by atoms with Crippen LogP contribution in [0.4, 0.5) is 5.69 Å². The molecule has 0 spiro atoms. The Bertz CT molecular complexity index is 697. The Morgan fingerprint density at radius 1 is 1.29 bits per heavy atom. The van der Waals surface area contributed by atoms with Crippen LogP contribution in [0.15, 0.2) is 18.2 Å². The molecule has 1 atom stereocenters. The molecule has 1 aliphatic heterocycles. The van der Waals surface area contributed by atoms with E-state index >= 15 is 0 Å². The highest BCUT2D eigenvalue weighted by Crippen LogP contribution is 2.28. The zero-order valence-corrected chi connectivity index (χ0v) is 15.6. The summed E-state index contributed by atoms with van der Waals surface area (Å²) in [4.78, 5) is 14.6. The Labute approximate surface area is 144 Å². The number of carbonyl (C=O) groups is 1. The smallest absolute Gasteiger partial charge is 0.246 e. The number of morpholine rings is 1. The maximum Gasteiger partial charge on any atom is 0.246 e. The van der Waals surface area contributed by atoms with Gasteiger partial charge in [-0.2, -0.15) is 0 Å². The predicted octanol–water partition coefficient (Wildman–Crippen LogP) is 1.71. The summed E-state index contributed by atoms with van der Waals surface area (Å²) >= 11 is 0. The molecule has 0 aromatic heterocycles. The van der Waals surface area contributed by atoms with Crippen molar-refractivity contribution in [3.05, 3.63) is 29.3 Å². The van der Waals surface area contributed by atoms with Crippen LogP contribution in [-0.2, 0) is 19.6 Å². The molecule has 1 aromatic carbocycles. The van der Waals surface area contributed by atoms with E-state index in [0.717, 1.165) is 17.4 Å². The SMILES string of the molecule is CCC(C(=O)N1CCOCC1)N(c1cc(C)ccc1C)S(C)(=O)=O. The lowest BCUT2D eigenvalue weighted by Crippen LogP contribution is -2.53. The van der Waals surface area contributed by atoms with Crippen molar-refractivity contribution in [3.8, 4) is 0 Å². The Morgan fingerprint density at radius 2 is 1.92 bits per heavy atom. The Kier molecular flexibility index (Phi) is 5.87. The van der Waals surface area contributed by atoms with E-state index in [0.29, 0.717) is 38.4 Å². The summed E-state index contributed by atoms with van der Waals surface area (Å²) in [5.41, 5.74) is 2.36. The Hall–Kier alpha value is -1.60. The van der Waals surface area contributed by atoms with Gasteiger partial charge in [-0.15, -0.1) is 0 Å². The fourth-order valence-corrected chi connectivity index (χ4v) is 4.23. The van der Waals surface area contributed by atoms with Crippen LogP contribution in [-0.4, -0.2) is 57.8 Å². The van der Waals surface area contributed by atoms with Crippen LogP contribution in [0.5, 0.6) is 0 Å². The molecular formula is C17H26N2O4S. The number of hydrogen-bond acceptors (Lipinski definition) is 4. The molecule has 0 saturated carbocycles. The molecule has 0 N–H and O–H groups in total. The molecule has 0 aliphatic carbocycles. The van der Waals surface area contributed by atoms with E-state index in [2.05, 4.69) is 0 Å². The number of carbonyl (C=O) groups excluding carboxylic acids is 1. The number of amides is 1. The van der Waals surface area contributed by atoms with Crippen molar-refractivity contribution >= 4 is 21.6 Å². The molecule has 1 aliphatic rings. The second-order valence-electron chi connectivity index (χ2n) is 6.21. The fraction of sp³-hybridized carbons (Fsp3) is 0.588. The van der Waals surface area contributed by atoms with Gasteiger partial charge in [0.15, 0.2) is 0 Å². The van der Waals surface area contributed by atoms with Crippen molar-refractivity contribution in [3.63, 3.8) is 0 Å². The van der Waals surface area contributed by atoms with Gasteiger partial charge < -0.3 is 9.64 Å². The molecule has 0 bridgehead atoms. The summed E-state index contributed by atoms with van der Waals surface area (Å²) in [6, 6.07) is 4.91. The van der Waals surface area contributed by atoms with Crippen LogP contribution in [0.1, 0.15) is 24.5 Å². The van der Waals surface area contributed by atoms with Crippen LogP contribution in [0, 0.1) is 13.8 Å². The molecule has 1 unspecified atom stereocenters. The largest absolute Gasteiger partial charge is 0.378 e. The molecule has 2 rings (SSSR count). The molecule has 24 heavy (non-hydrogen) atoms. The highest BCUT2D eigenvalue weighted by Gasteiger charge is 2.35. The Balaban J connectivity index is 2.45. The third kappa shape index (κ3) is 4.08. The molecule has 1 saturated heterocycles. The van der Waals surface area contributed by atoms with Crippen molar-refractivity contribution in [2.45, 2.75) is 33.2 Å². The Morgan fingerprint density at radius 3 is 2.46 bits per heavy atom. The van der Waals surface area contributed by atoms with E-state index < -0.39 is 16.1 Å². The van der Waals surface area contributed by atoms with Crippen LogP contribution in [0.2, 0.25) is 0 Å². The first-order valence-electron chi connectivity index (χ1n) is 8.19. The van der Waals surface area contributed by atoms with Gasteiger partial charge in [-0.05, 0) is 37.5 Å². The van der Waals surface area contributed by atoms with Gasteiger partial charge in [0, 0.05) is 13.1 Å². The zero-order chi connectivity index (χ0) is 17.9. The predicted molar refractivity (Wildman–Crippen MR) is 94.7 cm³/mol. The van der Waals surface area contributed by atoms with Gasteiger partial charge in [0.2, 0.25) is 15.9 Å². The van der Waals surface area contributed by atoms with Crippen LogP contribution in [0.25, 0.3) is 0 Å². The molecule has 1 fully saturated rings. The average Bonchev–Trinajstić information content (AvgIpc) is 2.54. The molecular weight excluding hydrogens is 328 g/mol. The molecule has 1 heterocycles. The number of ether oxygens (including phenoxy) is 1. The lowest BCUT2D eigenvalue weighted by molar-refractivity contribution is -0.136. The monoisotopic (exact) mass is 354 g/mol. The first kappa shape index (κ1) is 18.7. The second-order valence-corrected chi connectivity index (χ2v) is 8.07. The number of benzene rings is 1. The van der Waals surface area contributed by atoms with Crippen molar-refractivity contribution < 1.29 is 17.9 Å². The van der Waals surface area contributed by atoms with Gasteiger partial charge in [0.25, 0.3) is 0 Å². The summed E-state index contributed by atoms with van der Waals surface area (Å²) in [5.74, 6) is -0.160. The fourth-order valence-electron chi connectivity index (χ4n) is 2.97. The van der Waals surface area contributed by atoms with E-state index in [1.54, 1.807) is 4.90 Å². The topological polar surface area (TPSA) is 66.9 Å². The normalized spacial score (nSPS) is 16.8. The molecule has 0 radical (unpaired) electrons. The minimum Gasteiger partial charge on any atom is -0.378 e. The third-order valence-electron chi connectivity index (χ3n) is 4.24. The second kappa shape index (κ2) is 7.53. The average molecular weight is 354 g/mol. The minimum absolute atomic E-state index is 0.160. The summed E-state index contributed by atoms with van der Waals surface area (Å²) in [7, 11) is -3.60. The highest BCUT2D eigenvalue weighted by atomic mass is 32.2. The molecule has 1 aromatic rings. The summed E-state index contributed by atoms with van der Waals surface area (Å²) < 4.78 is 31.6. The summed E-state index contributed by atoms with van der Waals surface area (Å²) in [6.45, 7) is 7.59. The van der Waals surface area contributed by atoms with Crippen molar-refractivity contribution in [1.82, 2.24) is 4.90 Å². The minimum atomic E-state index is -3.60. The quantitative estimate of drug-likeness (QED) is 0.807. The summed E-state index contributed by atoms with van der Waals surface area (Å²) in [6.07, 6.45) is 1.57. The molecule has 1 amide bonds. The van der Waals surface area contributed by atoms with Crippen molar-refractivity contribution in [2.75, 3.05) is 36.9 Å².